The second kappa shape index (κ2) is 7.42. The summed E-state index contributed by atoms with van der Waals surface area (Å²) in [6, 6.07) is 1.11. The van der Waals surface area contributed by atoms with Gasteiger partial charge in [0, 0.05) is 6.54 Å². The summed E-state index contributed by atoms with van der Waals surface area (Å²) in [6.45, 7) is 3.14. The minimum atomic E-state index is -1.04. The molecule has 0 aliphatic rings. The van der Waals surface area contributed by atoms with Crippen molar-refractivity contribution in [1.29, 1.82) is 0 Å². The van der Waals surface area contributed by atoms with Crippen molar-refractivity contribution in [3.05, 3.63) is 23.2 Å². The van der Waals surface area contributed by atoms with Gasteiger partial charge in [-0.2, -0.15) is 0 Å². The number of carbonyl (C=O) groups is 2. The summed E-state index contributed by atoms with van der Waals surface area (Å²) in [6.07, 6.45) is 0.840. The normalized spacial score (nSPS) is 10.2. The van der Waals surface area contributed by atoms with Crippen molar-refractivity contribution in [3.63, 3.8) is 0 Å². The smallest absolute Gasteiger partial charge is 0.339 e. The highest BCUT2D eigenvalue weighted by molar-refractivity contribution is 5.88. The van der Waals surface area contributed by atoms with Crippen LogP contribution in [0.2, 0.25) is 0 Å². The summed E-state index contributed by atoms with van der Waals surface area (Å²) in [5.74, 6) is -0.289. The van der Waals surface area contributed by atoms with E-state index in [4.69, 9.17) is 9.52 Å². The van der Waals surface area contributed by atoms with Crippen LogP contribution in [0.4, 0.5) is 4.79 Å². The standard InChI is InChI=1S/C12H19N3O4/c1-8-10(11(16)17)6-9(19-8)7-15-12(18)14-5-3-4-13-2/h6,13H,3-5,7H2,1-2H3,(H,16,17)(H2,14,15,18). The lowest BCUT2D eigenvalue weighted by atomic mass is 10.2. The zero-order valence-corrected chi connectivity index (χ0v) is 11.1. The number of nitrogens with one attached hydrogen (secondary N) is 3. The van der Waals surface area contributed by atoms with E-state index >= 15 is 0 Å². The van der Waals surface area contributed by atoms with Gasteiger partial charge >= 0.3 is 12.0 Å². The third-order valence-corrected chi connectivity index (χ3v) is 2.51. The summed E-state index contributed by atoms with van der Waals surface area (Å²) in [7, 11) is 1.85. The van der Waals surface area contributed by atoms with E-state index in [0.717, 1.165) is 13.0 Å². The number of urea groups is 1. The molecule has 7 heteroatoms. The number of aryl methyl sites for hydroxylation is 1. The first-order valence-electron chi connectivity index (χ1n) is 6.03. The molecule has 0 radical (unpaired) electrons. The third kappa shape index (κ3) is 5.01. The highest BCUT2D eigenvalue weighted by Crippen LogP contribution is 2.14. The van der Waals surface area contributed by atoms with Crippen molar-refractivity contribution >= 4 is 12.0 Å². The molecular weight excluding hydrogens is 250 g/mol. The SMILES string of the molecule is CNCCCNC(=O)NCc1cc(C(=O)O)c(C)o1. The first-order valence-corrected chi connectivity index (χ1v) is 6.03. The number of carboxylic acids is 1. The van der Waals surface area contributed by atoms with Crippen LogP contribution < -0.4 is 16.0 Å². The fraction of sp³-hybridized carbons (Fsp3) is 0.500. The van der Waals surface area contributed by atoms with Crippen molar-refractivity contribution in [2.24, 2.45) is 0 Å². The van der Waals surface area contributed by atoms with E-state index in [1.165, 1.54) is 6.07 Å². The van der Waals surface area contributed by atoms with Crippen LogP contribution in [-0.2, 0) is 6.54 Å². The molecule has 0 saturated heterocycles. The molecule has 106 valence electrons. The van der Waals surface area contributed by atoms with Crippen molar-refractivity contribution in [2.45, 2.75) is 19.9 Å². The Labute approximate surface area is 111 Å². The number of hydrogen-bond acceptors (Lipinski definition) is 4. The lowest BCUT2D eigenvalue weighted by Crippen LogP contribution is -2.36. The van der Waals surface area contributed by atoms with Gasteiger partial charge in [-0.3, -0.25) is 0 Å². The van der Waals surface area contributed by atoms with Gasteiger partial charge in [-0.05, 0) is 33.0 Å². The van der Waals surface area contributed by atoms with Crippen molar-refractivity contribution in [1.82, 2.24) is 16.0 Å². The molecule has 0 aromatic carbocycles. The maximum absolute atomic E-state index is 11.4. The van der Waals surface area contributed by atoms with Crippen molar-refractivity contribution in [3.8, 4) is 0 Å². The van der Waals surface area contributed by atoms with Gasteiger partial charge < -0.3 is 25.5 Å². The molecular formula is C12H19N3O4. The van der Waals surface area contributed by atoms with Crippen LogP contribution >= 0.6 is 0 Å². The number of amides is 2. The molecule has 4 N–H and O–H groups in total. The van der Waals surface area contributed by atoms with Gasteiger partial charge in [-0.25, -0.2) is 9.59 Å². The Balaban J connectivity index is 2.34. The summed E-state index contributed by atoms with van der Waals surface area (Å²) in [5.41, 5.74) is 0.117. The fourth-order valence-electron chi connectivity index (χ4n) is 1.54. The van der Waals surface area contributed by atoms with Gasteiger partial charge in [0.2, 0.25) is 0 Å². The molecule has 0 unspecified atom stereocenters. The second-order valence-corrected chi connectivity index (χ2v) is 4.05. The van der Waals surface area contributed by atoms with Gasteiger partial charge in [-0.15, -0.1) is 0 Å². The molecule has 1 rings (SSSR count). The average Bonchev–Trinajstić information content (AvgIpc) is 2.74. The zero-order chi connectivity index (χ0) is 14.3. The van der Waals surface area contributed by atoms with Crippen LogP contribution in [0.5, 0.6) is 0 Å². The number of carboxylic acid groups (broad SMARTS) is 1. The number of aromatic carboxylic acids is 1. The number of hydrogen-bond donors (Lipinski definition) is 4. The van der Waals surface area contributed by atoms with E-state index in [9.17, 15) is 9.59 Å². The average molecular weight is 269 g/mol. The number of furan rings is 1. The largest absolute Gasteiger partial charge is 0.478 e. The Kier molecular flexibility index (Phi) is 5.87. The Bertz CT molecular complexity index is 442. The maximum Gasteiger partial charge on any atom is 0.339 e. The van der Waals surface area contributed by atoms with E-state index in [0.29, 0.717) is 18.1 Å². The Hall–Kier alpha value is -2.02. The van der Waals surface area contributed by atoms with Crippen LogP contribution in [0.3, 0.4) is 0 Å². The topological polar surface area (TPSA) is 104 Å². The Morgan fingerprint density at radius 1 is 1.32 bits per heavy atom. The minimum absolute atomic E-state index is 0.117. The van der Waals surface area contributed by atoms with Crippen LogP contribution in [0.25, 0.3) is 0 Å². The molecule has 7 nitrogen and oxygen atoms in total. The lowest BCUT2D eigenvalue weighted by Gasteiger charge is -2.05. The van der Waals surface area contributed by atoms with Crippen LogP contribution in [0, 0.1) is 6.92 Å². The fourth-order valence-corrected chi connectivity index (χ4v) is 1.54. The van der Waals surface area contributed by atoms with Gasteiger partial charge in [0.05, 0.1) is 6.54 Å². The molecule has 0 aliphatic heterocycles. The molecule has 0 spiro atoms. The molecule has 1 aromatic heterocycles. The Morgan fingerprint density at radius 2 is 2.05 bits per heavy atom. The zero-order valence-electron chi connectivity index (χ0n) is 11.1. The number of rotatable bonds is 7. The van der Waals surface area contributed by atoms with E-state index in [1.54, 1.807) is 6.92 Å². The van der Waals surface area contributed by atoms with Crippen molar-refractivity contribution < 1.29 is 19.1 Å². The van der Waals surface area contributed by atoms with E-state index in [-0.39, 0.29) is 18.1 Å². The van der Waals surface area contributed by atoms with E-state index in [1.807, 2.05) is 7.05 Å². The van der Waals surface area contributed by atoms with E-state index in [2.05, 4.69) is 16.0 Å². The molecule has 1 aromatic rings. The first-order chi connectivity index (χ1) is 9.04. The first kappa shape index (κ1) is 15.0. The highest BCUT2D eigenvalue weighted by Gasteiger charge is 2.13. The quantitative estimate of drug-likeness (QED) is 0.545. The summed E-state index contributed by atoms with van der Waals surface area (Å²) in [4.78, 5) is 22.2. The molecule has 0 saturated carbocycles. The number of carbonyl (C=O) groups excluding carboxylic acids is 1. The molecule has 2 amide bonds. The van der Waals surface area contributed by atoms with Crippen LogP contribution in [0.1, 0.15) is 28.3 Å². The van der Waals surface area contributed by atoms with Gasteiger partial charge in [0.1, 0.15) is 17.1 Å². The Morgan fingerprint density at radius 3 is 2.63 bits per heavy atom. The second-order valence-electron chi connectivity index (χ2n) is 4.05. The predicted octanol–water partition coefficient (Wildman–Crippen LogP) is 0.695. The maximum atomic E-state index is 11.4. The van der Waals surface area contributed by atoms with E-state index < -0.39 is 5.97 Å². The van der Waals surface area contributed by atoms with Crippen LogP contribution in [0.15, 0.2) is 10.5 Å². The molecule has 0 atom stereocenters. The van der Waals surface area contributed by atoms with Gasteiger partial charge in [0.15, 0.2) is 0 Å². The van der Waals surface area contributed by atoms with Crippen LogP contribution in [-0.4, -0.2) is 37.2 Å². The molecule has 0 aliphatic carbocycles. The summed E-state index contributed by atoms with van der Waals surface area (Å²) in [5, 5.41) is 17.1. The molecule has 0 fully saturated rings. The van der Waals surface area contributed by atoms with Gasteiger partial charge in [-0.1, -0.05) is 0 Å². The lowest BCUT2D eigenvalue weighted by molar-refractivity contribution is 0.0695. The monoisotopic (exact) mass is 269 g/mol. The highest BCUT2D eigenvalue weighted by atomic mass is 16.4. The predicted molar refractivity (Wildman–Crippen MR) is 69.2 cm³/mol. The molecule has 1 heterocycles. The van der Waals surface area contributed by atoms with Gasteiger partial charge in [0.25, 0.3) is 0 Å². The molecule has 0 bridgehead atoms. The molecule has 19 heavy (non-hydrogen) atoms. The third-order valence-electron chi connectivity index (χ3n) is 2.51. The summed E-state index contributed by atoms with van der Waals surface area (Å²) >= 11 is 0. The minimum Gasteiger partial charge on any atom is -0.478 e. The summed E-state index contributed by atoms with van der Waals surface area (Å²) < 4.78 is 5.24. The van der Waals surface area contributed by atoms with Crippen molar-refractivity contribution in [2.75, 3.05) is 20.1 Å².